The largest absolute Gasteiger partial charge is 0.483 e. The third kappa shape index (κ3) is 12.8. The predicted octanol–water partition coefficient (Wildman–Crippen LogP) is 1.47. The molecule has 1 saturated heterocycles. The fraction of sp³-hybridized carbons (Fsp3) is 0.800. The Balaban J connectivity index is 3.25. The number of hydrogen-bond donors (Lipinski definition) is 3. The summed E-state index contributed by atoms with van der Waals surface area (Å²) in [4.78, 5) is 66.9. The summed E-state index contributed by atoms with van der Waals surface area (Å²) in [6.45, 7) is 5.26. The fourth-order valence-corrected chi connectivity index (χ4v) is 5.58. The molecule has 38 heavy (non-hydrogen) atoms. The third-order valence-corrected chi connectivity index (χ3v) is 7.40. The Morgan fingerprint density at radius 2 is 1.47 bits per heavy atom. The number of phosphoric acid groups is 2. The summed E-state index contributed by atoms with van der Waals surface area (Å²) in [5, 5.41) is 2.30. The summed E-state index contributed by atoms with van der Waals surface area (Å²) < 4.78 is 59.7. The van der Waals surface area contributed by atoms with Crippen molar-refractivity contribution < 1.29 is 70.4 Å². The van der Waals surface area contributed by atoms with Gasteiger partial charge >= 0.3 is 33.6 Å². The van der Waals surface area contributed by atoms with Crippen molar-refractivity contribution in [3.63, 3.8) is 0 Å². The summed E-state index contributed by atoms with van der Waals surface area (Å²) in [6.07, 6.45) is -3.71. The lowest BCUT2D eigenvalue weighted by molar-refractivity contribution is -0.259. The van der Waals surface area contributed by atoms with Crippen molar-refractivity contribution in [1.82, 2.24) is 5.32 Å². The minimum Gasteiger partial charge on any atom is -0.463 e. The van der Waals surface area contributed by atoms with Gasteiger partial charge in [-0.2, -0.15) is 4.31 Å². The Kier molecular flexibility index (Phi) is 14.0. The lowest BCUT2D eigenvalue weighted by atomic mass is 9.96. The van der Waals surface area contributed by atoms with Crippen molar-refractivity contribution in [3.05, 3.63) is 0 Å². The van der Waals surface area contributed by atoms with E-state index in [9.17, 15) is 38.1 Å². The number of unbranched alkanes of at least 4 members (excludes halogenated alkanes) is 3. The number of amides is 1. The van der Waals surface area contributed by atoms with Crippen molar-refractivity contribution in [2.45, 2.75) is 90.9 Å². The average molecular weight is 591 g/mol. The zero-order valence-corrected chi connectivity index (χ0v) is 23.5. The highest BCUT2D eigenvalue weighted by Crippen LogP contribution is 2.61. The van der Waals surface area contributed by atoms with Gasteiger partial charge in [-0.15, -0.1) is 0 Å². The van der Waals surface area contributed by atoms with Crippen LogP contribution in [0, 0.1) is 0 Å². The zero-order chi connectivity index (χ0) is 29.1. The van der Waals surface area contributed by atoms with E-state index in [1.165, 1.54) is 0 Å². The van der Waals surface area contributed by atoms with Crippen molar-refractivity contribution in [2.24, 2.45) is 0 Å². The molecule has 1 aliphatic heterocycles. The van der Waals surface area contributed by atoms with E-state index in [1.54, 1.807) is 0 Å². The van der Waals surface area contributed by atoms with Crippen LogP contribution in [0.15, 0.2) is 0 Å². The van der Waals surface area contributed by atoms with Gasteiger partial charge in [-0.25, -0.2) is 9.13 Å². The molecule has 1 amide bonds. The number of esters is 3. The highest BCUT2D eigenvalue weighted by Gasteiger charge is 2.53. The lowest BCUT2D eigenvalue weighted by Gasteiger charge is -2.44. The van der Waals surface area contributed by atoms with Gasteiger partial charge in [-0.1, -0.05) is 26.2 Å². The second-order valence-corrected chi connectivity index (χ2v) is 11.2. The van der Waals surface area contributed by atoms with Gasteiger partial charge in [-0.3, -0.25) is 28.2 Å². The van der Waals surface area contributed by atoms with E-state index in [-0.39, 0.29) is 6.61 Å². The molecule has 0 spiro atoms. The molecule has 0 bridgehead atoms. The first-order valence-corrected chi connectivity index (χ1v) is 14.7. The summed E-state index contributed by atoms with van der Waals surface area (Å²) in [6, 6.07) is -1.61. The Hall–Kier alpha value is -1.90. The fourth-order valence-electron chi connectivity index (χ4n) is 3.39. The van der Waals surface area contributed by atoms with E-state index < -0.39 is 76.7 Å². The second kappa shape index (κ2) is 15.6. The van der Waals surface area contributed by atoms with Crippen LogP contribution in [0.1, 0.15) is 60.3 Å². The van der Waals surface area contributed by atoms with E-state index in [0.717, 1.165) is 40.5 Å². The van der Waals surface area contributed by atoms with Gasteiger partial charge < -0.3 is 34.1 Å². The molecule has 0 aromatic carbocycles. The molecule has 1 fully saturated rings. The van der Waals surface area contributed by atoms with Crippen molar-refractivity contribution >= 4 is 39.5 Å². The van der Waals surface area contributed by atoms with Crippen LogP contribution in [0.2, 0.25) is 0 Å². The molecule has 0 aliphatic carbocycles. The maximum Gasteiger partial charge on any atom is 0.483 e. The maximum absolute atomic E-state index is 12.7. The lowest BCUT2D eigenvalue weighted by Crippen LogP contribution is -2.66. The Labute approximate surface area is 219 Å². The molecule has 18 heteroatoms. The van der Waals surface area contributed by atoms with Gasteiger partial charge in [0.2, 0.25) is 5.91 Å². The normalized spacial score (nSPS) is 26.3. The SMILES string of the molecule is CCCCCCOP(=O)(O)OP(=O)(O)O[C@H]1O[C@H](COC(C)=O)[C@@H](OC(C)=O)[C@H](OC(C)=O)[C@H]1NC(C)=O. The number of nitrogens with one attached hydrogen (secondary N) is 1. The molecule has 220 valence electrons. The standard InChI is InChI=1S/C20H35NO15P2/c1-6-7-8-9-10-31-37(26,27)36-38(28,29)35-20-17(21-12(2)22)19(33-15(5)25)18(32-14(4)24)16(34-20)11-30-13(3)23/h16-20H,6-11H2,1-5H3,(H,21,22)(H,26,27)(H,28,29)/t16-,17-,18-,19-,20-/m1/s1. The third-order valence-electron chi connectivity index (χ3n) is 4.77. The highest BCUT2D eigenvalue weighted by atomic mass is 31.3. The number of ether oxygens (including phenoxy) is 4. The molecular weight excluding hydrogens is 556 g/mol. The molecule has 1 heterocycles. The van der Waals surface area contributed by atoms with Crippen LogP contribution in [0.4, 0.5) is 0 Å². The highest BCUT2D eigenvalue weighted by molar-refractivity contribution is 7.61. The number of rotatable bonds is 15. The molecule has 2 unspecified atom stereocenters. The van der Waals surface area contributed by atoms with Gasteiger partial charge in [0.25, 0.3) is 0 Å². The molecule has 0 saturated carbocycles. The molecule has 0 aromatic rings. The van der Waals surface area contributed by atoms with E-state index >= 15 is 0 Å². The molecule has 7 atom stereocenters. The van der Waals surface area contributed by atoms with Crippen LogP contribution in [-0.4, -0.2) is 77.5 Å². The van der Waals surface area contributed by atoms with Crippen LogP contribution in [-0.2, 0) is 60.6 Å². The minimum absolute atomic E-state index is 0.245. The first kappa shape index (κ1) is 34.1. The molecule has 3 N–H and O–H groups in total. The molecule has 16 nitrogen and oxygen atoms in total. The first-order chi connectivity index (χ1) is 17.6. The van der Waals surface area contributed by atoms with Gasteiger partial charge in [-0.05, 0) is 6.42 Å². The van der Waals surface area contributed by atoms with Crippen LogP contribution in [0.5, 0.6) is 0 Å². The number of carbonyl (C=O) groups is 4. The minimum atomic E-state index is -5.47. The van der Waals surface area contributed by atoms with Crippen LogP contribution in [0.25, 0.3) is 0 Å². The average Bonchev–Trinajstić information content (AvgIpc) is 2.74. The van der Waals surface area contributed by atoms with Crippen LogP contribution >= 0.6 is 15.6 Å². The molecule has 1 rings (SSSR count). The zero-order valence-electron chi connectivity index (χ0n) is 21.7. The molecule has 0 aromatic heterocycles. The second-order valence-electron chi connectivity index (χ2n) is 8.24. The number of hydrogen-bond acceptors (Lipinski definition) is 13. The molecule has 1 aliphatic rings. The van der Waals surface area contributed by atoms with E-state index in [4.69, 9.17) is 28.0 Å². The Morgan fingerprint density at radius 1 is 0.868 bits per heavy atom. The quantitative estimate of drug-likeness (QED) is 0.106. The number of phosphoric ester groups is 2. The van der Waals surface area contributed by atoms with Crippen molar-refractivity contribution in [3.8, 4) is 0 Å². The first-order valence-electron chi connectivity index (χ1n) is 11.7. The van der Waals surface area contributed by atoms with Gasteiger partial charge in [0, 0.05) is 27.7 Å². The summed E-state index contributed by atoms with van der Waals surface area (Å²) >= 11 is 0. The summed E-state index contributed by atoms with van der Waals surface area (Å²) in [7, 11) is -10.6. The van der Waals surface area contributed by atoms with Crippen LogP contribution in [0.3, 0.4) is 0 Å². The predicted molar refractivity (Wildman–Crippen MR) is 126 cm³/mol. The van der Waals surface area contributed by atoms with E-state index in [1.807, 2.05) is 6.92 Å². The number of carbonyl (C=O) groups excluding carboxylic acids is 4. The Morgan fingerprint density at radius 3 is 2.00 bits per heavy atom. The maximum atomic E-state index is 12.7. The monoisotopic (exact) mass is 591 g/mol. The van der Waals surface area contributed by atoms with E-state index in [0.29, 0.717) is 12.8 Å². The summed E-state index contributed by atoms with van der Waals surface area (Å²) in [5.74, 6) is -3.29. The van der Waals surface area contributed by atoms with Crippen molar-refractivity contribution in [1.29, 1.82) is 0 Å². The topological polar surface area (TPSA) is 220 Å². The van der Waals surface area contributed by atoms with Gasteiger partial charge in [0.1, 0.15) is 18.8 Å². The van der Waals surface area contributed by atoms with E-state index in [2.05, 4.69) is 9.63 Å². The van der Waals surface area contributed by atoms with Gasteiger partial charge in [0.05, 0.1) is 6.61 Å². The smallest absolute Gasteiger partial charge is 0.463 e. The van der Waals surface area contributed by atoms with Gasteiger partial charge in [0.15, 0.2) is 18.5 Å². The van der Waals surface area contributed by atoms with Crippen molar-refractivity contribution in [2.75, 3.05) is 13.2 Å². The van der Waals surface area contributed by atoms with Crippen LogP contribution < -0.4 is 5.32 Å². The molecule has 0 radical (unpaired) electrons. The molecular formula is C20H35NO15P2. The Bertz CT molecular complexity index is 928. The summed E-state index contributed by atoms with van der Waals surface area (Å²) in [5.41, 5.74) is 0.